The average Bonchev–Trinajstić information content (AvgIpc) is 2.53. The maximum atomic E-state index is 12.0. The number of nitrogens with one attached hydrogen (secondary N) is 1. The summed E-state index contributed by atoms with van der Waals surface area (Å²) in [4.78, 5) is 12.0. The third-order valence-corrected chi connectivity index (χ3v) is 3.41. The van der Waals surface area contributed by atoms with Crippen LogP contribution in [0.3, 0.4) is 0 Å². The largest absolute Gasteiger partial charge is 0.484 e. The van der Waals surface area contributed by atoms with Crippen LogP contribution in [0.15, 0.2) is 48.5 Å². The summed E-state index contributed by atoms with van der Waals surface area (Å²) in [5, 5.41) is 2.83. The predicted octanol–water partition coefficient (Wildman–Crippen LogP) is 3.29. The number of hydrogen-bond donors (Lipinski definition) is 2. The molecule has 0 aliphatic heterocycles. The van der Waals surface area contributed by atoms with Crippen LogP contribution < -0.4 is 15.8 Å². The third-order valence-electron chi connectivity index (χ3n) is 3.41. The zero-order chi connectivity index (χ0) is 15.9. The van der Waals surface area contributed by atoms with Crippen molar-refractivity contribution in [3.05, 3.63) is 59.7 Å². The van der Waals surface area contributed by atoms with E-state index in [1.54, 1.807) is 0 Å². The number of amides is 1. The summed E-state index contributed by atoms with van der Waals surface area (Å²) < 4.78 is 5.56. The van der Waals surface area contributed by atoms with Gasteiger partial charge in [0, 0.05) is 12.2 Å². The van der Waals surface area contributed by atoms with Crippen LogP contribution in [0, 0.1) is 0 Å². The molecule has 0 aromatic heterocycles. The van der Waals surface area contributed by atoms with Gasteiger partial charge in [0.2, 0.25) is 0 Å². The highest BCUT2D eigenvalue weighted by molar-refractivity contribution is 5.92. The fraction of sp³-hybridized carbons (Fsp3) is 0.278. The Morgan fingerprint density at radius 2 is 1.95 bits per heavy atom. The van der Waals surface area contributed by atoms with Crippen molar-refractivity contribution in [2.24, 2.45) is 5.73 Å². The Morgan fingerprint density at radius 1 is 1.18 bits per heavy atom. The number of nitrogens with two attached hydrogens (primary N) is 1. The van der Waals surface area contributed by atoms with Crippen LogP contribution in [-0.2, 0) is 11.3 Å². The van der Waals surface area contributed by atoms with Crippen molar-refractivity contribution < 1.29 is 9.53 Å². The molecule has 0 aliphatic carbocycles. The lowest BCUT2D eigenvalue weighted by molar-refractivity contribution is -0.118. The normalized spacial score (nSPS) is 10.5. The molecule has 3 N–H and O–H groups in total. The third kappa shape index (κ3) is 4.33. The molecule has 0 radical (unpaired) electrons. The first-order valence-electron chi connectivity index (χ1n) is 7.40. The number of rotatable bonds is 6. The van der Waals surface area contributed by atoms with E-state index in [0.717, 1.165) is 11.3 Å². The van der Waals surface area contributed by atoms with Crippen molar-refractivity contribution >= 4 is 11.6 Å². The van der Waals surface area contributed by atoms with Gasteiger partial charge in [-0.3, -0.25) is 4.79 Å². The summed E-state index contributed by atoms with van der Waals surface area (Å²) in [6.45, 7) is 4.60. The summed E-state index contributed by atoms with van der Waals surface area (Å²) in [6, 6.07) is 15.3. The molecule has 0 aliphatic rings. The lowest BCUT2D eigenvalue weighted by Crippen LogP contribution is -2.21. The van der Waals surface area contributed by atoms with Crippen LogP contribution in [0.5, 0.6) is 5.75 Å². The van der Waals surface area contributed by atoms with E-state index in [9.17, 15) is 4.79 Å². The van der Waals surface area contributed by atoms with E-state index in [1.165, 1.54) is 5.56 Å². The first-order chi connectivity index (χ1) is 10.6. The molecular formula is C18H22N2O2. The Morgan fingerprint density at radius 3 is 2.68 bits per heavy atom. The van der Waals surface area contributed by atoms with E-state index >= 15 is 0 Å². The molecule has 2 aromatic carbocycles. The van der Waals surface area contributed by atoms with Gasteiger partial charge in [0.25, 0.3) is 5.91 Å². The highest BCUT2D eigenvalue weighted by Crippen LogP contribution is 2.20. The minimum atomic E-state index is -0.198. The zero-order valence-corrected chi connectivity index (χ0v) is 13.0. The van der Waals surface area contributed by atoms with Crippen LogP contribution in [0.25, 0.3) is 0 Å². The van der Waals surface area contributed by atoms with Crippen LogP contribution >= 0.6 is 0 Å². The lowest BCUT2D eigenvalue weighted by atomic mass is 10.0. The summed E-state index contributed by atoms with van der Waals surface area (Å²) in [5.74, 6) is 0.929. The molecule has 2 aromatic rings. The highest BCUT2D eigenvalue weighted by atomic mass is 16.5. The maximum Gasteiger partial charge on any atom is 0.262 e. The van der Waals surface area contributed by atoms with E-state index in [-0.39, 0.29) is 12.5 Å². The van der Waals surface area contributed by atoms with Gasteiger partial charge in [-0.2, -0.15) is 0 Å². The Balaban J connectivity index is 1.94. The van der Waals surface area contributed by atoms with Crippen LogP contribution in [-0.4, -0.2) is 12.5 Å². The first-order valence-corrected chi connectivity index (χ1v) is 7.40. The molecule has 0 fully saturated rings. The molecule has 0 saturated heterocycles. The lowest BCUT2D eigenvalue weighted by Gasteiger charge is -2.12. The highest BCUT2D eigenvalue weighted by Gasteiger charge is 2.07. The minimum absolute atomic E-state index is 0.0273. The van der Waals surface area contributed by atoms with Gasteiger partial charge < -0.3 is 15.8 Å². The number of carbonyl (C=O) groups excluding carboxylic acids is 1. The van der Waals surface area contributed by atoms with E-state index < -0.39 is 0 Å². The van der Waals surface area contributed by atoms with Gasteiger partial charge in [0.15, 0.2) is 6.61 Å². The van der Waals surface area contributed by atoms with Crippen LogP contribution in [0.4, 0.5) is 5.69 Å². The summed E-state index contributed by atoms with van der Waals surface area (Å²) in [7, 11) is 0. The molecule has 0 heterocycles. The van der Waals surface area contributed by atoms with Crippen molar-refractivity contribution in [2.75, 3.05) is 11.9 Å². The van der Waals surface area contributed by atoms with Gasteiger partial charge in [-0.15, -0.1) is 0 Å². The van der Waals surface area contributed by atoms with Crippen molar-refractivity contribution in [1.82, 2.24) is 0 Å². The zero-order valence-electron chi connectivity index (χ0n) is 13.0. The fourth-order valence-electron chi connectivity index (χ4n) is 2.12. The number of anilines is 1. The SMILES string of the molecule is CC(C)c1cccc(OCC(=O)Nc2ccccc2CN)c1. The molecule has 116 valence electrons. The van der Waals surface area contributed by atoms with E-state index in [0.29, 0.717) is 18.2 Å². The molecule has 0 bridgehead atoms. The topological polar surface area (TPSA) is 64.3 Å². The van der Waals surface area contributed by atoms with E-state index in [1.807, 2.05) is 42.5 Å². The van der Waals surface area contributed by atoms with Gasteiger partial charge in [-0.05, 0) is 35.2 Å². The summed E-state index contributed by atoms with van der Waals surface area (Å²) in [6.07, 6.45) is 0. The molecule has 2 rings (SSSR count). The predicted molar refractivity (Wildman–Crippen MR) is 89.0 cm³/mol. The minimum Gasteiger partial charge on any atom is -0.484 e. The Kier molecular flexibility index (Phi) is 5.55. The van der Waals surface area contributed by atoms with Crippen molar-refractivity contribution in [3.8, 4) is 5.75 Å². The second-order valence-corrected chi connectivity index (χ2v) is 5.43. The molecule has 4 nitrogen and oxygen atoms in total. The van der Waals surface area contributed by atoms with E-state index in [4.69, 9.17) is 10.5 Å². The molecule has 4 heteroatoms. The monoisotopic (exact) mass is 298 g/mol. The standard InChI is InChI=1S/C18H22N2O2/c1-13(2)14-7-5-8-16(10-14)22-12-18(21)20-17-9-4-3-6-15(17)11-19/h3-10,13H,11-12,19H2,1-2H3,(H,20,21). The van der Waals surface area contributed by atoms with Crippen molar-refractivity contribution in [3.63, 3.8) is 0 Å². The number of ether oxygens (including phenoxy) is 1. The summed E-state index contributed by atoms with van der Waals surface area (Å²) >= 11 is 0. The molecule has 22 heavy (non-hydrogen) atoms. The smallest absolute Gasteiger partial charge is 0.262 e. The van der Waals surface area contributed by atoms with Gasteiger partial charge in [0.05, 0.1) is 0 Å². The Labute approximate surface area is 131 Å². The number of benzene rings is 2. The molecule has 1 amide bonds. The number of para-hydroxylation sites is 1. The van der Waals surface area contributed by atoms with Gasteiger partial charge >= 0.3 is 0 Å². The molecule has 0 unspecified atom stereocenters. The molecular weight excluding hydrogens is 276 g/mol. The van der Waals surface area contributed by atoms with Gasteiger partial charge in [-0.25, -0.2) is 0 Å². The van der Waals surface area contributed by atoms with E-state index in [2.05, 4.69) is 25.2 Å². The Hall–Kier alpha value is -2.33. The maximum absolute atomic E-state index is 12.0. The van der Waals surface area contributed by atoms with Crippen LogP contribution in [0.2, 0.25) is 0 Å². The number of hydrogen-bond acceptors (Lipinski definition) is 3. The summed E-state index contributed by atoms with van der Waals surface area (Å²) in [5.41, 5.74) is 8.47. The Bertz CT molecular complexity index is 638. The second-order valence-electron chi connectivity index (χ2n) is 5.43. The molecule has 0 saturated carbocycles. The van der Waals surface area contributed by atoms with Gasteiger partial charge in [-0.1, -0.05) is 44.2 Å². The van der Waals surface area contributed by atoms with Crippen molar-refractivity contribution in [1.29, 1.82) is 0 Å². The van der Waals surface area contributed by atoms with Crippen LogP contribution in [0.1, 0.15) is 30.9 Å². The fourth-order valence-corrected chi connectivity index (χ4v) is 2.12. The second kappa shape index (κ2) is 7.61. The van der Waals surface area contributed by atoms with Gasteiger partial charge in [0.1, 0.15) is 5.75 Å². The average molecular weight is 298 g/mol. The quantitative estimate of drug-likeness (QED) is 0.860. The first kappa shape index (κ1) is 16.0. The number of carbonyl (C=O) groups is 1. The molecule has 0 spiro atoms. The molecule has 0 atom stereocenters. The van der Waals surface area contributed by atoms with Crippen molar-refractivity contribution in [2.45, 2.75) is 26.3 Å².